The predicted molar refractivity (Wildman–Crippen MR) is 74.2 cm³/mol. The molecule has 0 bridgehead atoms. The molecule has 1 fully saturated rings. The van der Waals surface area contributed by atoms with Crippen LogP contribution in [-0.2, 0) is 11.0 Å². The first kappa shape index (κ1) is 15.6. The SMILES string of the molecule is O=CNCCN1CCN(c2cccc(C(F)(F)F)c2)CC1. The van der Waals surface area contributed by atoms with Gasteiger partial charge < -0.3 is 10.2 Å². The van der Waals surface area contributed by atoms with Gasteiger partial charge in [-0.3, -0.25) is 9.69 Å². The average Bonchev–Trinajstić information content (AvgIpc) is 2.47. The van der Waals surface area contributed by atoms with Gasteiger partial charge in [0.2, 0.25) is 6.41 Å². The number of anilines is 1. The lowest BCUT2D eigenvalue weighted by atomic mass is 10.1. The van der Waals surface area contributed by atoms with Crippen molar-refractivity contribution in [1.82, 2.24) is 10.2 Å². The highest BCUT2D eigenvalue weighted by molar-refractivity contribution is 5.49. The van der Waals surface area contributed by atoms with E-state index in [0.717, 1.165) is 25.7 Å². The maximum Gasteiger partial charge on any atom is 0.416 e. The van der Waals surface area contributed by atoms with Crippen LogP contribution in [0.5, 0.6) is 0 Å². The molecule has 0 aliphatic carbocycles. The van der Waals surface area contributed by atoms with Crippen LogP contribution in [-0.4, -0.2) is 50.6 Å². The molecular formula is C14H18F3N3O. The first-order valence-electron chi connectivity index (χ1n) is 6.82. The molecule has 21 heavy (non-hydrogen) atoms. The minimum Gasteiger partial charge on any atom is -0.369 e. The molecule has 1 aromatic rings. The highest BCUT2D eigenvalue weighted by atomic mass is 19.4. The lowest BCUT2D eigenvalue weighted by Gasteiger charge is -2.36. The number of rotatable bonds is 5. The summed E-state index contributed by atoms with van der Waals surface area (Å²) >= 11 is 0. The molecule has 0 atom stereocenters. The monoisotopic (exact) mass is 301 g/mol. The molecular weight excluding hydrogens is 283 g/mol. The van der Waals surface area contributed by atoms with Gasteiger partial charge in [0.25, 0.3) is 0 Å². The quantitative estimate of drug-likeness (QED) is 0.662. The van der Waals surface area contributed by atoms with Crippen LogP contribution in [0, 0.1) is 0 Å². The summed E-state index contributed by atoms with van der Waals surface area (Å²) in [5, 5.41) is 2.60. The Kier molecular flexibility index (Phi) is 5.06. The number of piperazine rings is 1. The molecule has 0 unspecified atom stereocenters. The van der Waals surface area contributed by atoms with Crippen LogP contribution in [0.25, 0.3) is 0 Å². The summed E-state index contributed by atoms with van der Waals surface area (Å²) in [7, 11) is 0. The zero-order chi connectivity index (χ0) is 15.3. The van der Waals surface area contributed by atoms with E-state index in [1.165, 1.54) is 12.1 Å². The van der Waals surface area contributed by atoms with E-state index in [0.29, 0.717) is 31.7 Å². The Hall–Kier alpha value is -1.76. The summed E-state index contributed by atoms with van der Waals surface area (Å²) in [6.45, 7) is 4.26. The van der Waals surface area contributed by atoms with Gasteiger partial charge in [0.1, 0.15) is 0 Å². The van der Waals surface area contributed by atoms with E-state index in [2.05, 4.69) is 10.2 Å². The van der Waals surface area contributed by atoms with Crippen molar-refractivity contribution in [3.8, 4) is 0 Å². The molecule has 1 aromatic carbocycles. The first-order valence-corrected chi connectivity index (χ1v) is 6.82. The van der Waals surface area contributed by atoms with Crippen molar-refractivity contribution < 1.29 is 18.0 Å². The minimum absolute atomic E-state index is 0.590. The second-order valence-electron chi connectivity index (χ2n) is 4.95. The van der Waals surface area contributed by atoms with Crippen molar-refractivity contribution in [1.29, 1.82) is 0 Å². The number of benzene rings is 1. The number of amides is 1. The van der Waals surface area contributed by atoms with Crippen LogP contribution in [0.15, 0.2) is 24.3 Å². The maximum absolute atomic E-state index is 12.7. The average molecular weight is 301 g/mol. The lowest BCUT2D eigenvalue weighted by molar-refractivity contribution is -0.137. The fraction of sp³-hybridized carbons (Fsp3) is 0.500. The van der Waals surface area contributed by atoms with Gasteiger partial charge >= 0.3 is 6.18 Å². The summed E-state index contributed by atoms with van der Waals surface area (Å²) in [4.78, 5) is 14.3. The smallest absolute Gasteiger partial charge is 0.369 e. The topological polar surface area (TPSA) is 35.6 Å². The molecule has 2 rings (SSSR count). The number of nitrogens with one attached hydrogen (secondary N) is 1. The van der Waals surface area contributed by atoms with E-state index >= 15 is 0 Å². The van der Waals surface area contributed by atoms with E-state index in [9.17, 15) is 18.0 Å². The van der Waals surface area contributed by atoms with Crippen molar-refractivity contribution in [2.75, 3.05) is 44.2 Å². The Morgan fingerprint density at radius 1 is 1.19 bits per heavy atom. The summed E-state index contributed by atoms with van der Waals surface area (Å²) < 4.78 is 38.1. The standard InChI is InChI=1S/C14H18F3N3O/c15-14(16,17)12-2-1-3-13(10-12)20-8-6-19(7-9-20)5-4-18-11-21/h1-3,10-11H,4-9H2,(H,18,21). The lowest BCUT2D eigenvalue weighted by Crippen LogP contribution is -2.48. The first-order chi connectivity index (χ1) is 10.0. The molecule has 1 N–H and O–H groups in total. The molecule has 0 spiro atoms. The van der Waals surface area contributed by atoms with Crippen LogP contribution >= 0.6 is 0 Å². The molecule has 4 nitrogen and oxygen atoms in total. The third-order valence-electron chi connectivity index (χ3n) is 3.57. The van der Waals surface area contributed by atoms with Crippen molar-refractivity contribution in [3.63, 3.8) is 0 Å². The van der Waals surface area contributed by atoms with Gasteiger partial charge in [-0.05, 0) is 18.2 Å². The summed E-state index contributed by atoms with van der Waals surface area (Å²) in [6, 6.07) is 5.44. The van der Waals surface area contributed by atoms with Gasteiger partial charge in [0, 0.05) is 45.0 Å². The van der Waals surface area contributed by atoms with Crippen LogP contribution < -0.4 is 10.2 Å². The van der Waals surface area contributed by atoms with E-state index in [1.54, 1.807) is 6.07 Å². The molecule has 116 valence electrons. The van der Waals surface area contributed by atoms with Gasteiger partial charge in [-0.1, -0.05) is 6.07 Å². The van der Waals surface area contributed by atoms with Crippen molar-refractivity contribution in [2.24, 2.45) is 0 Å². The second kappa shape index (κ2) is 6.80. The number of nitrogens with zero attached hydrogens (tertiary/aromatic N) is 2. The van der Waals surface area contributed by atoms with Gasteiger partial charge in [0.05, 0.1) is 5.56 Å². The summed E-state index contributed by atoms with van der Waals surface area (Å²) in [5.74, 6) is 0. The van der Waals surface area contributed by atoms with Crippen molar-refractivity contribution in [2.45, 2.75) is 6.18 Å². The fourth-order valence-corrected chi connectivity index (χ4v) is 2.39. The fourth-order valence-electron chi connectivity index (χ4n) is 2.39. The van der Waals surface area contributed by atoms with E-state index in [-0.39, 0.29) is 0 Å². The number of hydrogen-bond acceptors (Lipinski definition) is 3. The molecule has 1 aliphatic heterocycles. The Labute approximate surface area is 121 Å². The Bertz CT molecular complexity index is 471. The van der Waals surface area contributed by atoms with E-state index in [4.69, 9.17) is 0 Å². The normalized spacial score (nSPS) is 16.8. The third kappa shape index (κ3) is 4.35. The molecule has 1 aliphatic rings. The molecule has 1 heterocycles. The minimum atomic E-state index is -4.31. The molecule has 0 radical (unpaired) electrons. The van der Waals surface area contributed by atoms with Crippen LogP contribution in [0.1, 0.15) is 5.56 Å². The number of hydrogen-bond donors (Lipinski definition) is 1. The number of halogens is 3. The van der Waals surface area contributed by atoms with E-state index in [1.807, 2.05) is 4.90 Å². The third-order valence-corrected chi connectivity index (χ3v) is 3.57. The van der Waals surface area contributed by atoms with E-state index < -0.39 is 11.7 Å². The Morgan fingerprint density at radius 3 is 2.52 bits per heavy atom. The molecule has 1 saturated heterocycles. The Balaban J connectivity index is 1.91. The molecule has 7 heteroatoms. The summed E-state index contributed by atoms with van der Waals surface area (Å²) in [5.41, 5.74) is -0.00639. The van der Waals surface area contributed by atoms with Gasteiger partial charge in [-0.2, -0.15) is 13.2 Å². The van der Waals surface area contributed by atoms with Gasteiger partial charge in [0.15, 0.2) is 0 Å². The zero-order valence-corrected chi connectivity index (χ0v) is 11.6. The molecule has 0 aromatic heterocycles. The molecule has 1 amide bonds. The van der Waals surface area contributed by atoms with Gasteiger partial charge in [-0.25, -0.2) is 0 Å². The van der Waals surface area contributed by atoms with Crippen molar-refractivity contribution in [3.05, 3.63) is 29.8 Å². The maximum atomic E-state index is 12.7. The number of alkyl halides is 3. The van der Waals surface area contributed by atoms with Crippen molar-refractivity contribution >= 4 is 12.1 Å². The Morgan fingerprint density at radius 2 is 1.90 bits per heavy atom. The van der Waals surface area contributed by atoms with Gasteiger partial charge in [-0.15, -0.1) is 0 Å². The predicted octanol–water partition coefficient (Wildman–Crippen LogP) is 1.57. The summed E-state index contributed by atoms with van der Waals surface area (Å²) in [6.07, 6.45) is -3.64. The highest BCUT2D eigenvalue weighted by Crippen LogP contribution is 2.31. The van der Waals surface area contributed by atoms with Crippen LogP contribution in [0.3, 0.4) is 0 Å². The zero-order valence-electron chi connectivity index (χ0n) is 11.6. The number of carbonyl (C=O) groups is 1. The number of carbonyl (C=O) groups excluding carboxylic acids is 1. The second-order valence-corrected chi connectivity index (χ2v) is 4.95. The van der Waals surface area contributed by atoms with Crippen LogP contribution in [0.4, 0.5) is 18.9 Å². The highest BCUT2D eigenvalue weighted by Gasteiger charge is 2.31. The molecule has 0 saturated carbocycles. The largest absolute Gasteiger partial charge is 0.416 e. The van der Waals surface area contributed by atoms with Crippen LogP contribution in [0.2, 0.25) is 0 Å².